The molecule has 6 heteroatoms. The first-order valence-electron chi connectivity index (χ1n) is 6.79. The maximum atomic E-state index is 12.8. The van der Waals surface area contributed by atoms with Crippen LogP contribution in [0.1, 0.15) is 47.4 Å². The van der Waals surface area contributed by atoms with Crippen LogP contribution in [0, 0.1) is 5.82 Å². The molecule has 2 N–H and O–H groups in total. The Labute approximate surface area is 121 Å². The Kier molecular flexibility index (Phi) is 3.51. The normalized spacial score (nSPS) is 15.0. The average Bonchev–Trinajstić information content (AvgIpc) is 3.22. The molecule has 1 heterocycles. The molecule has 1 fully saturated rings. The number of carbonyl (C=O) groups excluding carboxylic acids is 1. The molecule has 2 aromatic rings. The molecule has 1 saturated carbocycles. The van der Waals surface area contributed by atoms with E-state index in [0.29, 0.717) is 17.3 Å². The topological polar surface area (TPSA) is 70.1 Å². The Bertz CT molecular complexity index is 686. The van der Waals surface area contributed by atoms with Crippen molar-refractivity contribution in [1.82, 2.24) is 15.6 Å². The van der Waals surface area contributed by atoms with Gasteiger partial charge >= 0.3 is 0 Å². The second-order valence-corrected chi connectivity index (χ2v) is 5.13. The second-order valence-electron chi connectivity index (χ2n) is 5.13. The first-order chi connectivity index (χ1) is 10.1. The molecule has 5 nitrogen and oxygen atoms in total. The van der Waals surface area contributed by atoms with Gasteiger partial charge in [-0.15, -0.1) is 0 Å². The zero-order chi connectivity index (χ0) is 14.8. The fourth-order valence-corrected chi connectivity index (χ4v) is 2.00. The van der Waals surface area contributed by atoms with E-state index in [4.69, 9.17) is 0 Å². The summed E-state index contributed by atoms with van der Waals surface area (Å²) in [6.45, 7) is 1.74. The number of nitrogens with one attached hydrogen (secondary N) is 2. The second kappa shape index (κ2) is 5.47. The predicted molar refractivity (Wildman–Crippen MR) is 76.6 cm³/mol. The fraction of sp³-hybridized carbons (Fsp3) is 0.267. The number of hydrazone groups is 1. The van der Waals surface area contributed by atoms with Crippen LogP contribution in [0.25, 0.3) is 0 Å². The summed E-state index contributed by atoms with van der Waals surface area (Å²) in [5, 5.41) is 10.9. The number of halogens is 1. The van der Waals surface area contributed by atoms with Crippen LogP contribution in [0.15, 0.2) is 35.4 Å². The van der Waals surface area contributed by atoms with Crippen LogP contribution >= 0.6 is 0 Å². The van der Waals surface area contributed by atoms with Gasteiger partial charge in [-0.3, -0.25) is 9.89 Å². The summed E-state index contributed by atoms with van der Waals surface area (Å²) >= 11 is 0. The molecule has 1 aromatic carbocycles. The van der Waals surface area contributed by atoms with Gasteiger partial charge in [-0.2, -0.15) is 10.2 Å². The van der Waals surface area contributed by atoms with Gasteiger partial charge in [-0.25, -0.2) is 9.82 Å². The Morgan fingerprint density at radius 2 is 2.10 bits per heavy atom. The van der Waals surface area contributed by atoms with E-state index in [-0.39, 0.29) is 11.7 Å². The lowest BCUT2D eigenvalue weighted by atomic mass is 10.1. The molecule has 0 radical (unpaired) electrons. The largest absolute Gasteiger partial charge is 0.291 e. The smallest absolute Gasteiger partial charge is 0.281 e. The SMILES string of the molecule is CC(=NNC(=O)c1cc(C2CC2)[nH]n1)c1ccc(F)cc1. The van der Waals surface area contributed by atoms with E-state index in [0.717, 1.165) is 24.1 Å². The van der Waals surface area contributed by atoms with Crippen molar-refractivity contribution in [2.45, 2.75) is 25.7 Å². The van der Waals surface area contributed by atoms with E-state index in [1.165, 1.54) is 12.1 Å². The number of amides is 1. The number of nitrogens with zero attached hydrogens (tertiary/aromatic N) is 2. The minimum absolute atomic E-state index is 0.306. The van der Waals surface area contributed by atoms with Gasteiger partial charge in [0.2, 0.25) is 0 Å². The van der Waals surface area contributed by atoms with Crippen molar-refractivity contribution < 1.29 is 9.18 Å². The van der Waals surface area contributed by atoms with E-state index in [1.54, 1.807) is 25.1 Å². The highest BCUT2D eigenvalue weighted by molar-refractivity contribution is 6.00. The summed E-state index contributed by atoms with van der Waals surface area (Å²) in [6.07, 6.45) is 2.29. The fourth-order valence-electron chi connectivity index (χ4n) is 2.00. The van der Waals surface area contributed by atoms with Crippen molar-refractivity contribution in [2.75, 3.05) is 0 Å². The average molecular weight is 286 g/mol. The molecule has 1 amide bonds. The Morgan fingerprint density at radius 1 is 1.38 bits per heavy atom. The number of carbonyl (C=O) groups is 1. The molecule has 0 saturated heterocycles. The van der Waals surface area contributed by atoms with E-state index in [2.05, 4.69) is 20.7 Å². The van der Waals surface area contributed by atoms with Crippen molar-refractivity contribution in [2.24, 2.45) is 5.10 Å². The predicted octanol–water partition coefficient (Wildman–Crippen LogP) is 2.58. The van der Waals surface area contributed by atoms with Crippen molar-refractivity contribution in [3.63, 3.8) is 0 Å². The summed E-state index contributed by atoms with van der Waals surface area (Å²) in [6, 6.07) is 7.69. The number of H-pyrrole nitrogens is 1. The number of hydrogen-bond donors (Lipinski definition) is 2. The van der Waals surface area contributed by atoms with Crippen LogP contribution < -0.4 is 5.43 Å². The molecule has 108 valence electrons. The van der Waals surface area contributed by atoms with Crippen molar-refractivity contribution in [1.29, 1.82) is 0 Å². The number of aromatic nitrogens is 2. The highest BCUT2D eigenvalue weighted by Crippen LogP contribution is 2.38. The lowest BCUT2D eigenvalue weighted by Gasteiger charge is -2.01. The van der Waals surface area contributed by atoms with Gasteiger partial charge in [-0.05, 0) is 43.5 Å². The summed E-state index contributed by atoms with van der Waals surface area (Å²) in [4.78, 5) is 11.9. The lowest BCUT2D eigenvalue weighted by molar-refractivity contribution is 0.0950. The molecule has 1 aliphatic rings. The molecule has 0 bridgehead atoms. The quantitative estimate of drug-likeness (QED) is 0.670. The van der Waals surface area contributed by atoms with Crippen LogP contribution in [-0.2, 0) is 0 Å². The van der Waals surface area contributed by atoms with Crippen LogP contribution in [-0.4, -0.2) is 21.8 Å². The van der Waals surface area contributed by atoms with Crippen molar-refractivity contribution in [3.05, 3.63) is 53.1 Å². The minimum atomic E-state index is -0.361. The summed E-state index contributed by atoms with van der Waals surface area (Å²) in [5.41, 5.74) is 5.13. The summed E-state index contributed by atoms with van der Waals surface area (Å²) in [7, 11) is 0. The zero-order valence-electron chi connectivity index (χ0n) is 11.6. The molecule has 0 spiro atoms. The molecule has 0 aliphatic heterocycles. The van der Waals surface area contributed by atoms with Gasteiger partial charge in [0.25, 0.3) is 5.91 Å². The summed E-state index contributed by atoms with van der Waals surface area (Å²) in [5.74, 6) is -0.150. The van der Waals surface area contributed by atoms with E-state index >= 15 is 0 Å². The summed E-state index contributed by atoms with van der Waals surface area (Å²) < 4.78 is 12.8. The standard InChI is InChI=1S/C15H15FN4O/c1-9(10-4-6-12(16)7-5-10)17-20-15(21)14-8-13(18-19-14)11-2-3-11/h4-8,11H,2-3H2,1H3,(H,18,19)(H,20,21). The van der Waals surface area contributed by atoms with Gasteiger partial charge < -0.3 is 0 Å². The zero-order valence-corrected chi connectivity index (χ0v) is 11.6. The molecule has 21 heavy (non-hydrogen) atoms. The van der Waals surface area contributed by atoms with E-state index < -0.39 is 0 Å². The lowest BCUT2D eigenvalue weighted by Crippen LogP contribution is -2.19. The molecule has 3 rings (SSSR count). The number of aromatic amines is 1. The van der Waals surface area contributed by atoms with E-state index in [9.17, 15) is 9.18 Å². The molecular formula is C15H15FN4O. The van der Waals surface area contributed by atoms with Gasteiger partial charge in [0, 0.05) is 11.6 Å². The third-order valence-electron chi connectivity index (χ3n) is 3.43. The molecule has 0 atom stereocenters. The number of benzene rings is 1. The first-order valence-corrected chi connectivity index (χ1v) is 6.79. The third kappa shape index (κ3) is 3.16. The number of hydrogen-bond acceptors (Lipinski definition) is 3. The Morgan fingerprint density at radius 3 is 2.76 bits per heavy atom. The van der Waals surface area contributed by atoms with Crippen LogP contribution in [0.5, 0.6) is 0 Å². The maximum absolute atomic E-state index is 12.8. The highest BCUT2D eigenvalue weighted by Gasteiger charge is 2.26. The van der Waals surface area contributed by atoms with Gasteiger partial charge in [0.15, 0.2) is 5.69 Å². The third-order valence-corrected chi connectivity index (χ3v) is 3.43. The molecule has 0 unspecified atom stereocenters. The monoisotopic (exact) mass is 286 g/mol. The maximum Gasteiger partial charge on any atom is 0.291 e. The van der Waals surface area contributed by atoms with Crippen LogP contribution in [0.3, 0.4) is 0 Å². The molecule has 1 aliphatic carbocycles. The van der Waals surface area contributed by atoms with Crippen LogP contribution in [0.2, 0.25) is 0 Å². The Hall–Kier alpha value is -2.50. The first kappa shape index (κ1) is 13.5. The minimum Gasteiger partial charge on any atom is -0.281 e. The van der Waals surface area contributed by atoms with E-state index in [1.807, 2.05) is 0 Å². The van der Waals surface area contributed by atoms with Gasteiger partial charge in [0.1, 0.15) is 5.82 Å². The van der Waals surface area contributed by atoms with Crippen LogP contribution in [0.4, 0.5) is 4.39 Å². The van der Waals surface area contributed by atoms with Gasteiger partial charge in [-0.1, -0.05) is 12.1 Å². The van der Waals surface area contributed by atoms with Crippen molar-refractivity contribution in [3.8, 4) is 0 Å². The van der Waals surface area contributed by atoms with Gasteiger partial charge in [0.05, 0.1) is 5.71 Å². The molecular weight excluding hydrogens is 271 g/mol. The Balaban J connectivity index is 1.65. The number of rotatable bonds is 4. The van der Waals surface area contributed by atoms with Crippen molar-refractivity contribution >= 4 is 11.6 Å². The highest BCUT2D eigenvalue weighted by atomic mass is 19.1. The molecule has 1 aromatic heterocycles.